The molecular formula is C60H62N2O4. The Morgan fingerprint density at radius 3 is 1.09 bits per heavy atom. The quantitative estimate of drug-likeness (QED) is 0.0796. The fourth-order valence-corrected chi connectivity index (χ4v) is 8.52. The van der Waals surface area contributed by atoms with Crippen LogP contribution in [0, 0.1) is 33.8 Å². The van der Waals surface area contributed by atoms with Crippen molar-refractivity contribution in [2.45, 2.75) is 105 Å². The molecule has 0 fully saturated rings. The minimum Gasteiger partial charge on any atom is -0.507 e. The van der Waals surface area contributed by atoms with Gasteiger partial charge in [-0.3, -0.25) is 10.1 Å². The van der Waals surface area contributed by atoms with Crippen molar-refractivity contribution in [1.82, 2.24) is 0 Å². The van der Waals surface area contributed by atoms with E-state index in [1.165, 1.54) is 12.1 Å². The van der Waals surface area contributed by atoms with Crippen LogP contribution in [0.15, 0.2) is 109 Å². The Hall–Kier alpha value is -7.02. The van der Waals surface area contributed by atoms with Gasteiger partial charge in [0.15, 0.2) is 0 Å². The predicted molar refractivity (Wildman–Crippen MR) is 276 cm³/mol. The molecule has 6 nitrogen and oxygen atoms in total. The summed E-state index contributed by atoms with van der Waals surface area (Å²) in [5.74, 6) is 14.7. The van der Waals surface area contributed by atoms with Gasteiger partial charge < -0.3 is 15.1 Å². The lowest BCUT2D eigenvalue weighted by molar-refractivity contribution is -0.384. The van der Waals surface area contributed by atoms with Crippen LogP contribution in [-0.4, -0.2) is 29.2 Å². The largest absolute Gasteiger partial charge is 0.507 e. The van der Waals surface area contributed by atoms with Crippen molar-refractivity contribution < 1.29 is 15.1 Å². The predicted octanol–water partition coefficient (Wildman–Crippen LogP) is 14.7. The van der Waals surface area contributed by atoms with Crippen LogP contribution in [0.2, 0.25) is 0 Å². The fourth-order valence-electron chi connectivity index (χ4n) is 8.52. The summed E-state index contributed by atoms with van der Waals surface area (Å²) in [6.45, 7) is 25.5. The van der Waals surface area contributed by atoms with Crippen LogP contribution in [0.5, 0.6) is 11.5 Å². The number of aromatic hydroxyl groups is 2. The van der Waals surface area contributed by atoms with E-state index in [0.29, 0.717) is 17.1 Å². The van der Waals surface area contributed by atoms with Crippen LogP contribution in [0.3, 0.4) is 0 Å². The maximum Gasteiger partial charge on any atom is 0.269 e. The van der Waals surface area contributed by atoms with Gasteiger partial charge in [0.2, 0.25) is 0 Å². The molecule has 7 rings (SSSR count). The van der Waals surface area contributed by atoms with E-state index in [-0.39, 0.29) is 27.3 Å². The summed E-state index contributed by atoms with van der Waals surface area (Å²) in [6, 6.07) is 35.9. The Bertz CT molecular complexity index is 2960. The molecule has 0 spiro atoms. The summed E-state index contributed by atoms with van der Waals surface area (Å²) in [7, 11) is 4.04. The zero-order chi connectivity index (χ0) is 48.3. The molecule has 6 heteroatoms. The van der Waals surface area contributed by atoms with Gasteiger partial charge >= 0.3 is 0 Å². The van der Waals surface area contributed by atoms with E-state index < -0.39 is 4.92 Å². The molecular weight excluding hydrogens is 813 g/mol. The third-order valence-corrected chi connectivity index (χ3v) is 12.4. The zero-order valence-electron chi connectivity index (χ0n) is 41.0. The highest BCUT2D eigenvalue weighted by Gasteiger charge is 2.29. The second kappa shape index (κ2) is 17.1. The van der Waals surface area contributed by atoms with E-state index >= 15 is 0 Å². The van der Waals surface area contributed by atoms with E-state index in [1.807, 2.05) is 26.2 Å². The molecule has 0 aromatic heterocycles. The number of fused-ring (bicyclic) bond motifs is 2. The normalized spacial score (nSPS) is 12.1. The summed E-state index contributed by atoms with van der Waals surface area (Å²) in [5, 5.41) is 38.6. The third kappa shape index (κ3) is 9.52. The first-order valence-corrected chi connectivity index (χ1v) is 22.6. The maximum absolute atomic E-state index is 11.7. The molecule has 0 saturated carbocycles. The van der Waals surface area contributed by atoms with Crippen molar-refractivity contribution in [2.24, 2.45) is 0 Å². The molecule has 7 aromatic rings. The maximum atomic E-state index is 11.7. The molecule has 0 amide bonds. The molecule has 0 aliphatic rings. The Balaban J connectivity index is 1.62. The SMILES string of the molecule is CN(C)c1ccc(C#Cc2c3ccc(-c4cc(C(C)(C)C)c(O)c(C(C)(C)C)c4)cc3c(C#Cc3ccc([N+](=O)[O-])cc3)c3cc(-c4cc(C(C)(C)C)c(O)c(C(C)(C)C)c4)ccc23)cc1. The molecule has 0 unspecified atom stereocenters. The topological polar surface area (TPSA) is 86.8 Å². The van der Waals surface area contributed by atoms with E-state index in [9.17, 15) is 20.3 Å². The summed E-state index contributed by atoms with van der Waals surface area (Å²) < 4.78 is 0. The Morgan fingerprint density at radius 1 is 0.439 bits per heavy atom. The number of nitro benzene ring substituents is 1. The highest BCUT2D eigenvalue weighted by atomic mass is 16.6. The van der Waals surface area contributed by atoms with Crippen molar-refractivity contribution in [3.63, 3.8) is 0 Å². The second-order valence-corrected chi connectivity index (χ2v) is 21.9. The summed E-state index contributed by atoms with van der Waals surface area (Å²) in [4.78, 5) is 13.2. The van der Waals surface area contributed by atoms with Crippen molar-refractivity contribution in [2.75, 3.05) is 19.0 Å². The smallest absolute Gasteiger partial charge is 0.269 e. The average molecular weight is 875 g/mol. The summed E-state index contributed by atoms with van der Waals surface area (Å²) >= 11 is 0. The first-order valence-electron chi connectivity index (χ1n) is 22.6. The first kappa shape index (κ1) is 47.0. The third-order valence-electron chi connectivity index (χ3n) is 12.4. The van der Waals surface area contributed by atoms with Gasteiger partial charge in [0, 0.05) is 76.4 Å². The number of phenolic OH excluding ortho intramolecular Hbond substituents is 2. The van der Waals surface area contributed by atoms with E-state index in [2.05, 4.69) is 184 Å². The number of benzene rings is 7. The van der Waals surface area contributed by atoms with Crippen molar-refractivity contribution >= 4 is 32.9 Å². The number of nitrogens with zero attached hydrogens (tertiary/aromatic N) is 2. The van der Waals surface area contributed by atoms with Crippen LogP contribution in [-0.2, 0) is 21.7 Å². The van der Waals surface area contributed by atoms with Crippen molar-refractivity contribution in [3.05, 3.63) is 164 Å². The molecule has 0 bridgehead atoms. The lowest BCUT2D eigenvalue weighted by atomic mass is 9.77. The fraction of sp³-hybridized carbons (Fsp3) is 0.300. The lowest BCUT2D eigenvalue weighted by Gasteiger charge is -2.28. The van der Waals surface area contributed by atoms with E-state index in [1.54, 1.807) is 12.1 Å². The first-order chi connectivity index (χ1) is 30.7. The van der Waals surface area contributed by atoms with Gasteiger partial charge in [0.1, 0.15) is 11.5 Å². The van der Waals surface area contributed by atoms with Gasteiger partial charge in [-0.05, 0) is 138 Å². The molecule has 66 heavy (non-hydrogen) atoms. The number of hydrogen-bond donors (Lipinski definition) is 2. The average Bonchev–Trinajstić information content (AvgIpc) is 3.23. The zero-order valence-corrected chi connectivity index (χ0v) is 41.0. The van der Waals surface area contributed by atoms with Crippen LogP contribution in [0.1, 0.15) is 128 Å². The molecule has 336 valence electrons. The number of nitro groups is 1. The number of hydrogen-bond acceptors (Lipinski definition) is 5. The van der Waals surface area contributed by atoms with Gasteiger partial charge in [0.25, 0.3) is 5.69 Å². The van der Waals surface area contributed by atoms with Crippen LogP contribution >= 0.6 is 0 Å². The Labute approximate surface area is 391 Å². The minimum absolute atomic E-state index is 0.00122. The van der Waals surface area contributed by atoms with E-state index in [0.717, 1.165) is 88.4 Å². The van der Waals surface area contributed by atoms with Crippen molar-refractivity contribution in [1.29, 1.82) is 0 Å². The van der Waals surface area contributed by atoms with Gasteiger partial charge in [-0.2, -0.15) is 0 Å². The van der Waals surface area contributed by atoms with Crippen LogP contribution < -0.4 is 4.90 Å². The van der Waals surface area contributed by atoms with Gasteiger partial charge in [-0.15, -0.1) is 0 Å². The monoisotopic (exact) mass is 874 g/mol. The Morgan fingerprint density at radius 2 is 0.773 bits per heavy atom. The van der Waals surface area contributed by atoms with Crippen LogP contribution in [0.25, 0.3) is 43.8 Å². The number of phenols is 2. The second-order valence-electron chi connectivity index (χ2n) is 21.9. The molecule has 0 aliphatic heterocycles. The minimum atomic E-state index is -0.406. The van der Waals surface area contributed by atoms with Crippen LogP contribution in [0.4, 0.5) is 11.4 Å². The summed E-state index contributed by atoms with van der Waals surface area (Å²) in [5.41, 5.74) is 10.4. The lowest BCUT2D eigenvalue weighted by Crippen LogP contribution is -2.17. The molecule has 0 atom stereocenters. The molecule has 0 aliphatic carbocycles. The molecule has 0 heterocycles. The van der Waals surface area contributed by atoms with Gasteiger partial charge in [0.05, 0.1) is 4.92 Å². The number of anilines is 1. The van der Waals surface area contributed by atoms with Gasteiger partial charge in [-0.1, -0.05) is 131 Å². The standard InChI is InChI=1S/C60H62N2O4/c1-57(2,3)51-33-41(34-52(55(51)63)58(4,5)6)39-21-29-46-45(27-19-37-15-23-43(24-16-37)61(13)14)47-30-22-40(42-35-53(59(7,8)9)56(64)54(36-42)60(10,11)12)32-50(47)48(49(46)31-39)28-20-38-17-25-44(26-18-38)62(65)66/h15-18,21-26,29-36,63-64H,1-14H3. The highest BCUT2D eigenvalue weighted by Crippen LogP contribution is 2.45. The molecule has 2 N–H and O–H groups in total. The Kier molecular flexibility index (Phi) is 12.2. The number of rotatable bonds is 4. The molecule has 0 radical (unpaired) electrons. The molecule has 0 saturated heterocycles. The summed E-state index contributed by atoms with van der Waals surface area (Å²) in [6.07, 6.45) is 0. The van der Waals surface area contributed by atoms with E-state index in [4.69, 9.17) is 0 Å². The highest BCUT2D eigenvalue weighted by molar-refractivity contribution is 6.11. The van der Waals surface area contributed by atoms with Crippen molar-refractivity contribution in [3.8, 4) is 57.4 Å². The number of non-ortho nitro benzene ring substituents is 1. The van der Waals surface area contributed by atoms with Gasteiger partial charge in [-0.25, -0.2) is 0 Å². The molecule has 7 aromatic carbocycles.